The molecule has 1 saturated heterocycles. The smallest absolute Gasteiger partial charge is 0.225 e. The first-order valence-corrected chi connectivity index (χ1v) is 9.25. The molecule has 118 valence electrons. The summed E-state index contributed by atoms with van der Waals surface area (Å²) in [4.78, 5) is 15.0. The molecule has 5 atom stereocenters. The summed E-state index contributed by atoms with van der Waals surface area (Å²) in [6.45, 7) is 2.00. The third kappa shape index (κ3) is 2.15. The van der Waals surface area contributed by atoms with E-state index in [0.717, 1.165) is 37.8 Å². The van der Waals surface area contributed by atoms with Gasteiger partial charge in [-0.05, 0) is 75.0 Å². The molecule has 0 aromatic carbocycles. The minimum atomic E-state index is 0.280. The van der Waals surface area contributed by atoms with Crippen LogP contribution in [0.1, 0.15) is 64.2 Å². The number of nitrogens with zero attached hydrogens (tertiary/aromatic N) is 1. The van der Waals surface area contributed by atoms with Crippen LogP contribution < -0.4 is 5.73 Å². The molecule has 2 bridgehead atoms. The van der Waals surface area contributed by atoms with Crippen molar-refractivity contribution in [3.8, 4) is 0 Å². The maximum absolute atomic E-state index is 12.9. The molecule has 0 radical (unpaired) electrons. The quantitative estimate of drug-likeness (QED) is 0.807. The van der Waals surface area contributed by atoms with E-state index in [-0.39, 0.29) is 5.92 Å². The van der Waals surface area contributed by atoms with Gasteiger partial charge in [0.05, 0.1) is 0 Å². The lowest BCUT2D eigenvalue weighted by Crippen LogP contribution is -2.51. The van der Waals surface area contributed by atoms with E-state index in [1.165, 1.54) is 51.4 Å². The fourth-order valence-electron chi connectivity index (χ4n) is 6.20. The van der Waals surface area contributed by atoms with Crippen molar-refractivity contribution < 1.29 is 4.79 Å². The molecule has 4 fully saturated rings. The van der Waals surface area contributed by atoms with Gasteiger partial charge in [-0.15, -0.1) is 0 Å². The Kier molecular flexibility index (Phi) is 3.52. The van der Waals surface area contributed by atoms with Crippen LogP contribution in [0.4, 0.5) is 0 Å². The number of hydrogen-bond donors (Lipinski definition) is 1. The summed E-state index contributed by atoms with van der Waals surface area (Å²) in [6, 6.07) is 0.383. The summed E-state index contributed by atoms with van der Waals surface area (Å²) in [5.74, 6) is 2.33. The van der Waals surface area contributed by atoms with Gasteiger partial charge >= 0.3 is 0 Å². The fraction of sp³-hybridized carbons (Fsp3) is 0.944. The molecular formula is C18H30N2O. The van der Waals surface area contributed by atoms with Crippen molar-refractivity contribution in [1.29, 1.82) is 0 Å². The molecule has 0 aromatic heterocycles. The van der Waals surface area contributed by atoms with Crippen molar-refractivity contribution in [1.82, 2.24) is 4.90 Å². The zero-order chi connectivity index (χ0) is 14.4. The topological polar surface area (TPSA) is 46.3 Å². The lowest BCUT2D eigenvalue weighted by molar-refractivity contribution is -0.140. The summed E-state index contributed by atoms with van der Waals surface area (Å²) in [5, 5.41) is 0. The molecule has 0 aromatic rings. The van der Waals surface area contributed by atoms with Gasteiger partial charge in [-0.1, -0.05) is 6.42 Å². The standard InChI is InChI=1S/C18H30N2O/c19-16-13-6-7-15(11-13)18(16)8-4-5-14(12-18)17(21)20-9-2-1-3-10-20/h13-16H,1-12,19H2/t13?,14-,15?,16?,18-/m1/s1. The van der Waals surface area contributed by atoms with Gasteiger partial charge in [0.1, 0.15) is 0 Å². The molecule has 1 amide bonds. The Morgan fingerprint density at radius 2 is 1.86 bits per heavy atom. The van der Waals surface area contributed by atoms with E-state index < -0.39 is 0 Å². The molecule has 21 heavy (non-hydrogen) atoms. The van der Waals surface area contributed by atoms with Gasteiger partial charge < -0.3 is 10.6 Å². The average Bonchev–Trinajstić information content (AvgIpc) is 3.11. The zero-order valence-corrected chi connectivity index (χ0v) is 13.2. The Bertz CT molecular complexity index is 413. The first-order valence-electron chi connectivity index (χ1n) is 9.25. The molecule has 3 nitrogen and oxygen atoms in total. The number of rotatable bonds is 1. The second kappa shape index (κ2) is 5.26. The SMILES string of the molecule is NC1C2CCC(C2)[C@]12CCC[C@@H](C(=O)N1CCCCC1)C2. The van der Waals surface area contributed by atoms with Crippen LogP contribution in [-0.2, 0) is 4.79 Å². The monoisotopic (exact) mass is 290 g/mol. The van der Waals surface area contributed by atoms with Crippen molar-refractivity contribution >= 4 is 5.91 Å². The van der Waals surface area contributed by atoms with Crippen LogP contribution in [0.2, 0.25) is 0 Å². The van der Waals surface area contributed by atoms with Gasteiger partial charge in [-0.3, -0.25) is 4.79 Å². The molecule has 1 spiro atoms. The van der Waals surface area contributed by atoms with E-state index in [2.05, 4.69) is 4.90 Å². The molecule has 1 aliphatic heterocycles. The first-order chi connectivity index (χ1) is 10.2. The summed E-state index contributed by atoms with van der Waals surface area (Å²) in [7, 11) is 0. The van der Waals surface area contributed by atoms with Crippen molar-refractivity contribution in [2.24, 2.45) is 28.9 Å². The predicted molar refractivity (Wildman–Crippen MR) is 83.6 cm³/mol. The van der Waals surface area contributed by atoms with Gasteiger partial charge in [-0.2, -0.15) is 0 Å². The maximum Gasteiger partial charge on any atom is 0.225 e. The largest absolute Gasteiger partial charge is 0.342 e. The van der Waals surface area contributed by atoms with E-state index in [0.29, 0.717) is 17.4 Å². The van der Waals surface area contributed by atoms with Crippen LogP contribution in [-0.4, -0.2) is 29.9 Å². The Labute approximate surface area is 128 Å². The van der Waals surface area contributed by atoms with Crippen LogP contribution in [0.5, 0.6) is 0 Å². The fourth-order valence-corrected chi connectivity index (χ4v) is 6.20. The first kappa shape index (κ1) is 14.0. The minimum Gasteiger partial charge on any atom is -0.342 e. The third-order valence-electron chi connectivity index (χ3n) is 7.30. The van der Waals surface area contributed by atoms with Crippen molar-refractivity contribution in [3.05, 3.63) is 0 Å². The van der Waals surface area contributed by atoms with Gasteiger partial charge in [-0.25, -0.2) is 0 Å². The Balaban J connectivity index is 1.49. The molecular weight excluding hydrogens is 260 g/mol. The Hall–Kier alpha value is -0.570. The highest BCUT2D eigenvalue weighted by atomic mass is 16.2. The number of amides is 1. The molecule has 1 heterocycles. The lowest BCUT2D eigenvalue weighted by Gasteiger charge is -2.48. The highest BCUT2D eigenvalue weighted by Gasteiger charge is 2.58. The number of carbonyl (C=O) groups excluding carboxylic acids is 1. The molecule has 3 saturated carbocycles. The third-order valence-corrected chi connectivity index (χ3v) is 7.30. The van der Waals surface area contributed by atoms with Crippen LogP contribution in [0, 0.1) is 23.2 Å². The lowest BCUT2D eigenvalue weighted by atomic mass is 9.59. The molecule has 4 rings (SSSR count). The summed E-state index contributed by atoms with van der Waals surface area (Å²) in [5.41, 5.74) is 6.98. The van der Waals surface area contributed by atoms with Gasteiger partial charge in [0.25, 0.3) is 0 Å². The normalized spacial score (nSPS) is 46.2. The van der Waals surface area contributed by atoms with Gasteiger partial charge in [0, 0.05) is 25.0 Å². The van der Waals surface area contributed by atoms with Crippen molar-refractivity contribution in [2.45, 2.75) is 70.3 Å². The van der Waals surface area contributed by atoms with E-state index in [4.69, 9.17) is 5.73 Å². The van der Waals surface area contributed by atoms with E-state index in [1.54, 1.807) is 0 Å². The second-order valence-electron chi connectivity index (χ2n) is 8.21. The molecule has 2 N–H and O–H groups in total. The number of fused-ring (bicyclic) bond motifs is 3. The van der Waals surface area contributed by atoms with Crippen LogP contribution in [0.25, 0.3) is 0 Å². The highest BCUT2D eigenvalue weighted by Crippen LogP contribution is 2.61. The van der Waals surface area contributed by atoms with Crippen molar-refractivity contribution in [2.75, 3.05) is 13.1 Å². The number of carbonyl (C=O) groups is 1. The van der Waals surface area contributed by atoms with Crippen LogP contribution in [0.15, 0.2) is 0 Å². The maximum atomic E-state index is 12.9. The highest BCUT2D eigenvalue weighted by molar-refractivity contribution is 5.79. The zero-order valence-electron chi connectivity index (χ0n) is 13.2. The van der Waals surface area contributed by atoms with E-state index in [1.807, 2.05) is 0 Å². The number of piperidine rings is 1. The molecule has 3 unspecified atom stereocenters. The molecule has 3 heteroatoms. The van der Waals surface area contributed by atoms with E-state index in [9.17, 15) is 4.79 Å². The van der Waals surface area contributed by atoms with E-state index >= 15 is 0 Å². The Morgan fingerprint density at radius 3 is 2.57 bits per heavy atom. The molecule has 3 aliphatic carbocycles. The average molecular weight is 290 g/mol. The van der Waals surface area contributed by atoms with Crippen LogP contribution >= 0.6 is 0 Å². The summed E-state index contributed by atoms with van der Waals surface area (Å²) >= 11 is 0. The second-order valence-corrected chi connectivity index (χ2v) is 8.21. The predicted octanol–water partition coefficient (Wildman–Crippen LogP) is 2.93. The molecule has 4 aliphatic rings. The number of hydrogen-bond acceptors (Lipinski definition) is 2. The number of likely N-dealkylation sites (tertiary alicyclic amines) is 1. The van der Waals surface area contributed by atoms with Crippen molar-refractivity contribution in [3.63, 3.8) is 0 Å². The van der Waals surface area contributed by atoms with Crippen LogP contribution in [0.3, 0.4) is 0 Å². The summed E-state index contributed by atoms with van der Waals surface area (Å²) < 4.78 is 0. The summed E-state index contributed by atoms with van der Waals surface area (Å²) in [6.07, 6.45) is 12.5. The Morgan fingerprint density at radius 1 is 1.05 bits per heavy atom. The minimum absolute atomic E-state index is 0.280. The number of nitrogens with two attached hydrogens (primary N) is 1. The van der Waals surface area contributed by atoms with Gasteiger partial charge in [0.15, 0.2) is 0 Å². The van der Waals surface area contributed by atoms with Gasteiger partial charge in [0.2, 0.25) is 5.91 Å².